The molecule has 0 radical (unpaired) electrons. The number of hydrogen-bond acceptors (Lipinski definition) is 8. The number of carboxylic acids is 1. The molecule has 196 valence electrons. The van der Waals surface area contributed by atoms with Crippen LogP contribution in [0.5, 0.6) is 0 Å². The second kappa shape index (κ2) is 9.93. The van der Waals surface area contributed by atoms with Crippen LogP contribution in [0.4, 0.5) is 14.6 Å². The van der Waals surface area contributed by atoms with Crippen molar-refractivity contribution in [2.24, 2.45) is 0 Å². The van der Waals surface area contributed by atoms with Crippen LogP contribution in [0, 0.1) is 11.6 Å². The second-order valence-electron chi connectivity index (χ2n) is 9.42. The molecule has 0 amide bonds. The topological polar surface area (TPSA) is 119 Å². The molecule has 0 spiro atoms. The highest BCUT2D eigenvalue weighted by Crippen LogP contribution is 2.37. The Bertz CT molecular complexity index is 1470. The first-order valence-electron chi connectivity index (χ1n) is 12.3. The average Bonchev–Trinajstić information content (AvgIpc) is 3.55. The lowest BCUT2D eigenvalue weighted by molar-refractivity contribution is -0.141. The largest absolute Gasteiger partial charge is 0.480 e. The number of carboxylic acid groups (broad SMARTS) is 1. The monoisotopic (exact) mass is 522 g/mol. The first-order chi connectivity index (χ1) is 18.5. The summed E-state index contributed by atoms with van der Waals surface area (Å²) in [5.74, 6) is -1.87. The lowest BCUT2D eigenvalue weighted by Crippen LogP contribution is -2.50. The first kappa shape index (κ1) is 24.2. The van der Waals surface area contributed by atoms with Gasteiger partial charge in [0.25, 0.3) is 0 Å². The minimum Gasteiger partial charge on any atom is -0.480 e. The number of nitrogens with zero attached hydrogens (tertiary/aromatic N) is 6. The van der Waals surface area contributed by atoms with Gasteiger partial charge in [0.05, 0.1) is 31.6 Å². The molecular weight excluding hydrogens is 498 g/mol. The number of anilines is 1. The van der Waals surface area contributed by atoms with E-state index in [2.05, 4.69) is 20.2 Å². The zero-order chi connectivity index (χ0) is 26.2. The minimum absolute atomic E-state index is 0.0846. The van der Waals surface area contributed by atoms with Crippen molar-refractivity contribution in [2.75, 3.05) is 24.7 Å². The number of aromatic nitrogens is 5. The number of benzene rings is 1. The van der Waals surface area contributed by atoms with Crippen molar-refractivity contribution in [3.05, 3.63) is 65.6 Å². The third-order valence-electron chi connectivity index (χ3n) is 7.09. The van der Waals surface area contributed by atoms with E-state index in [0.29, 0.717) is 22.9 Å². The summed E-state index contributed by atoms with van der Waals surface area (Å²) in [4.78, 5) is 21.5. The highest BCUT2D eigenvalue weighted by Gasteiger charge is 2.32. The van der Waals surface area contributed by atoms with Gasteiger partial charge in [0.1, 0.15) is 23.5 Å². The molecule has 38 heavy (non-hydrogen) atoms. The third-order valence-corrected chi connectivity index (χ3v) is 7.09. The van der Waals surface area contributed by atoms with Crippen LogP contribution >= 0.6 is 0 Å². The Balaban J connectivity index is 1.36. The first-order valence-corrected chi connectivity index (χ1v) is 12.3. The van der Waals surface area contributed by atoms with Gasteiger partial charge in [0.15, 0.2) is 23.5 Å². The van der Waals surface area contributed by atoms with Gasteiger partial charge < -0.3 is 19.3 Å². The second-order valence-corrected chi connectivity index (χ2v) is 9.42. The lowest BCUT2D eigenvalue weighted by Gasteiger charge is -2.33. The van der Waals surface area contributed by atoms with Crippen LogP contribution in [0.1, 0.15) is 36.3 Å². The van der Waals surface area contributed by atoms with Gasteiger partial charge in [-0.1, -0.05) is 23.7 Å². The maximum atomic E-state index is 15.1. The van der Waals surface area contributed by atoms with Gasteiger partial charge in [-0.3, -0.25) is 4.68 Å². The van der Waals surface area contributed by atoms with Crippen LogP contribution < -0.4 is 4.90 Å². The fourth-order valence-electron chi connectivity index (χ4n) is 4.79. The summed E-state index contributed by atoms with van der Waals surface area (Å²) in [6.45, 7) is 0.402. The number of aliphatic carboxylic acids is 1. The van der Waals surface area contributed by atoms with E-state index < -0.39 is 17.8 Å². The fourth-order valence-corrected chi connectivity index (χ4v) is 4.79. The van der Waals surface area contributed by atoms with E-state index in [-0.39, 0.29) is 49.5 Å². The number of ether oxygens (including phenoxy) is 1. The highest BCUT2D eigenvalue weighted by atomic mass is 19.1. The normalized spacial score (nSPS) is 17.9. The molecule has 1 atom stereocenters. The van der Waals surface area contributed by atoms with E-state index >= 15 is 4.39 Å². The SMILES string of the molecule is O=C(O)[C@@H]1COCCN1c1nc(-c2cc(-c3ccon3)n(Cc3ccc(C4CCC4)cc3F)n2)ncc1F. The Morgan fingerprint density at radius 3 is 2.71 bits per heavy atom. The standard InChI is InChI=1S/C26H24F2N6O4/c27-18-10-16(15-2-1-3-15)4-5-17(18)13-34-22(20-6-8-38-32-20)11-21(31-34)24-29-12-19(28)25(30-24)33-7-9-37-14-23(33)26(35)36/h4-6,8,10-12,15,23H,1-3,7,9,13-14H2,(H,35,36)/t23-/m0/s1. The van der Waals surface area contributed by atoms with Gasteiger partial charge in [0.2, 0.25) is 0 Å². The molecule has 4 aromatic rings. The molecule has 1 saturated carbocycles. The van der Waals surface area contributed by atoms with Crippen molar-refractivity contribution in [1.29, 1.82) is 0 Å². The molecule has 0 bridgehead atoms. The molecule has 1 aliphatic carbocycles. The summed E-state index contributed by atoms with van der Waals surface area (Å²) in [5, 5.41) is 18.2. The maximum Gasteiger partial charge on any atom is 0.328 e. The molecule has 4 heterocycles. The predicted molar refractivity (Wildman–Crippen MR) is 130 cm³/mol. The molecular formula is C26H24F2N6O4. The number of carbonyl (C=O) groups is 1. The smallest absolute Gasteiger partial charge is 0.328 e. The van der Waals surface area contributed by atoms with E-state index in [0.717, 1.165) is 24.6 Å². The van der Waals surface area contributed by atoms with E-state index in [1.165, 1.54) is 17.6 Å². The summed E-state index contributed by atoms with van der Waals surface area (Å²) in [6, 6.07) is 7.54. The summed E-state index contributed by atoms with van der Waals surface area (Å²) in [5.41, 5.74) is 2.74. The van der Waals surface area contributed by atoms with Gasteiger partial charge in [0, 0.05) is 18.2 Å². The Hall–Kier alpha value is -4.19. The molecule has 0 unspecified atom stereocenters. The quantitative estimate of drug-likeness (QED) is 0.386. The van der Waals surface area contributed by atoms with Crippen molar-refractivity contribution < 1.29 is 27.9 Å². The predicted octanol–water partition coefficient (Wildman–Crippen LogP) is 3.88. The molecule has 2 fully saturated rings. The molecule has 12 heteroatoms. The number of rotatable bonds is 7. The summed E-state index contributed by atoms with van der Waals surface area (Å²) >= 11 is 0. The lowest BCUT2D eigenvalue weighted by atomic mass is 9.80. The van der Waals surface area contributed by atoms with E-state index in [1.807, 2.05) is 6.07 Å². The van der Waals surface area contributed by atoms with Crippen molar-refractivity contribution >= 4 is 11.8 Å². The minimum atomic E-state index is -1.15. The maximum absolute atomic E-state index is 15.1. The van der Waals surface area contributed by atoms with Crippen LogP contribution in [0.15, 0.2) is 47.3 Å². The Kier molecular flexibility index (Phi) is 6.32. The fraction of sp³-hybridized carbons (Fsp3) is 0.346. The van der Waals surface area contributed by atoms with Crippen molar-refractivity contribution in [3.63, 3.8) is 0 Å². The van der Waals surface area contributed by atoms with Gasteiger partial charge in [-0.25, -0.2) is 23.5 Å². The molecule has 6 rings (SSSR count). The van der Waals surface area contributed by atoms with Crippen molar-refractivity contribution in [3.8, 4) is 22.9 Å². The number of hydrogen-bond donors (Lipinski definition) is 1. The Morgan fingerprint density at radius 2 is 2.00 bits per heavy atom. The zero-order valence-electron chi connectivity index (χ0n) is 20.3. The molecule has 1 N–H and O–H groups in total. The zero-order valence-corrected chi connectivity index (χ0v) is 20.3. The Morgan fingerprint density at radius 1 is 1.13 bits per heavy atom. The highest BCUT2D eigenvalue weighted by molar-refractivity contribution is 5.78. The van der Waals surface area contributed by atoms with Crippen LogP contribution in [-0.2, 0) is 16.1 Å². The molecule has 1 aromatic carbocycles. The van der Waals surface area contributed by atoms with Gasteiger partial charge in [-0.2, -0.15) is 5.10 Å². The van der Waals surface area contributed by atoms with E-state index in [4.69, 9.17) is 9.26 Å². The summed E-state index contributed by atoms with van der Waals surface area (Å²) < 4.78 is 41.7. The van der Waals surface area contributed by atoms with Gasteiger partial charge in [-0.05, 0) is 36.5 Å². The summed E-state index contributed by atoms with van der Waals surface area (Å²) in [7, 11) is 0. The average molecular weight is 523 g/mol. The molecule has 3 aromatic heterocycles. The molecule has 1 aliphatic heterocycles. The molecule has 10 nitrogen and oxygen atoms in total. The van der Waals surface area contributed by atoms with Crippen molar-refractivity contribution in [2.45, 2.75) is 37.8 Å². The number of morpholine rings is 1. The van der Waals surface area contributed by atoms with Crippen LogP contribution in [0.3, 0.4) is 0 Å². The summed E-state index contributed by atoms with van der Waals surface area (Å²) in [6.07, 6.45) is 5.72. The number of halogens is 2. The van der Waals surface area contributed by atoms with Crippen LogP contribution in [0.25, 0.3) is 22.9 Å². The van der Waals surface area contributed by atoms with Crippen LogP contribution in [0.2, 0.25) is 0 Å². The van der Waals surface area contributed by atoms with Crippen LogP contribution in [-0.4, -0.2) is 61.8 Å². The van der Waals surface area contributed by atoms with E-state index in [1.54, 1.807) is 28.9 Å². The van der Waals surface area contributed by atoms with Gasteiger partial charge >= 0.3 is 5.97 Å². The van der Waals surface area contributed by atoms with Gasteiger partial charge in [-0.15, -0.1) is 0 Å². The third kappa shape index (κ3) is 4.51. The van der Waals surface area contributed by atoms with Crippen molar-refractivity contribution in [1.82, 2.24) is 24.9 Å². The Labute approximate surface area is 215 Å². The molecule has 1 saturated heterocycles. The molecule has 2 aliphatic rings. The van der Waals surface area contributed by atoms with E-state index in [9.17, 15) is 14.3 Å².